The van der Waals surface area contributed by atoms with E-state index in [1.165, 1.54) is 5.56 Å². The summed E-state index contributed by atoms with van der Waals surface area (Å²) in [5.74, 6) is 0. The summed E-state index contributed by atoms with van der Waals surface area (Å²) in [7, 11) is 1.98. The molecule has 0 aliphatic rings. The zero-order valence-electron chi connectivity index (χ0n) is 10.0. The van der Waals surface area contributed by atoms with Gasteiger partial charge in [0.2, 0.25) is 0 Å². The van der Waals surface area contributed by atoms with E-state index in [1.54, 1.807) is 17.1 Å². The van der Waals surface area contributed by atoms with Crippen LogP contribution in [0.3, 0.4) is 0 Å². The van der Waals surface area contributed by atoms with Crippen molar-refractivity contribution in [2.45, 2.75) is 19.4 Å². The van der Waals surface area contributed by atoms with E-state index in [2.05, 4.69) is 41.6 Å². The lowest BCUT2D eigenvalue weighted by Gasteiger charge is -2.14. The second-order valence-corrected chi connectivity index (χ2v) is 4.38. The first-order valence-electron chi connectivity index (χ1n) is 5.72. The number of aromatic nitrogens is 2. The summed E-state index contributed by atoms with van der Waals surface area (Å²) in [5.41, 5.74) is 2.31. The van der Waals surface area contributed by atoms with Gasteiger partial charge in [-0.2, -0.15) is 5.10 Å². The number of benzene rings is 1. The molecule has 90 valence electrons. The average Bonchev–Trinajstić information content (AvgIpc) is 2.78. The molecule has 0 spiro atoms. The Morgan fingerprint density at radius 1 is 1.35 bits per heavy atom. The third-order valence-corrected chi connectivity index (χ3v) is 3.06. The highest BCUT2D eigenvalue weighted by Gasteiger charge is 2.06. The first-order valence-corrected chi connectivity index (χ1v) is 6.10. The second kappa shape index (κ2) is 5.34. The highest BCUT2D eigenvalue weighted by atomic mass is 35.5. The molecule has 1 heterocycles. The summed E-state index contributed by atoms with van der Waals surface area (Å²) in [6, 6.07) is 8.76. The smallest absolute Gasteiger partial charge is 0.0790 e. The van der Waals surface area contributed by atoms with Crippen LogP contribution < -0.4 is 5.32 Å². The fraction of sp³-hybridized carbons (Fsp3) is 0.308. The van der Waals surface area contributed by atoms with Crippen LogP contribution in [0.15, 0.2) is 36.7 Å². The van der Waals surface area contributed by atoms with E-state index in [-0.39, 0.29) is 0 Å². The molecule has 2 rings (SSSR count). The van der Waals surface area contributed by atoms with Gasteiger partial charge in [0, 0.05) is 12.2 Å². The molecular weight excluding hydrogens is 234 g/mol. The van der Waals surface area contributed by atoms with E-state index in [9.17, 15) is 0 Å². The Bertz CT molecular complexity index is 472. The van der Waals surface area contributed by atoms with Crippen molar-refractivity contribution in [3.8, 4) is 5.69 Å². The summed E-state index contributed by atoms with van der Waals surface area (Å²) < 4.78 is 1.77. The van der Waals surface area contributed by atoms with E-state index < -0.39 is 0 Å². The highest BCUT2D eigenvalue weighted by Crippen LogP contribution is 2.18. The van der Waals surface area contributed by atoms with Gasteiger partial charge in [0.1, 0.15) is 0 Å². The van der Waals surface area contributed by atoms with Crippen molar-refractivity contribution in [3.05, 3.63) is 47.2 Å². The van der Waals surface area contributed by atoms with E-state index in [0.717, 1.165) is 12.1 Å². The summed E-state index contributed by atoms with van der Waals surface area (Å²) in [6.45, 7) is 2.17. The third-order valence-electron chi connectivity index (χ3n) is 2.87. The predicted octanol–water partition coefficient (Wildman–Crippen LogP) is 3.20. The Labute approximate surface area is 106 Å². The minimum atomic E-state index is 0.408. The lowest BCUT2D eigenvalue weighted by molar-refractivity contribution is 0.577. The van der Waals surface area contributed by atoms with Crippen LogP contribution in [0.5, 0.6) is 0 Å². The van der Waals surface area contributed by atoms with Crippen LogP contribution in [0.25, 0.3) is 5.69 Å². The SMILES string of the molecule is CCC(NC)c1ccc(-n2cc(Cl)cn2)cc1. The molecule has 0 saturated heterocycles. The summed E-state index contributed by atoms with van der Waals surface area (Å²) in [6.07, 6.45) is 4.51. The van der Waals surface area contributed by atoms with Gasteiger partial charge >= 0.3 is 0 Å². The summed E-state index contributed by atoms with van der Waals surface area (Å²) in [5, 5.41) is 8.11. The molecule has 1 unspecified atom stereocenters. The third kappa shape index (κ3) is 2.68. The van der Waals surface area contributed by atoms with Crippen LogP contribution in [0, 0.1) is 0 Å². The lowest BCUT2D eigenvalue weighted by Crippen LogP contribution is -2.15. The van der Waals surface area contributed by atoms with Gasteiger partial charge < -0.3 is 5.32 Å². The standard InChI is InChI=1S/C13H16ClN3/c1-3-13(15-2)10-4-6-12(7-5-10)17-9-11(14)8-16-17/h4-9,13,15H,3H2,1-2H3. The second-order valence-electron chi connectivity index (χ2n) is 3.94. The van der Waals surface area contributed by atoms with Gasteiger partial charge in [-0.05, 0) is 31.2 Å². The number of hydrogen-bond donors (Lipinski definition) is 1. The quantitative estimate of drug-likeness (QED) is 0.902. The van der Waals surface area contributed by atoms with Crippen molar-refractivity contribution in [2.24, 2.45) is 0 Å². The largest absolute Gasteiger partial charge is 0.313 e. The van der Waals surface area contributed by atoms with Crippen molar-refractivity contribution >= 4 is 11.6 Å². The maximum absolute atomic E-state index is 5.84. The van der Waals surface area contributed by atoms with E-state index in [1.807, 2.05) is 7.05 Å². The normalized spacial score (nSPS) is 12.6. The van der Waals surface area contributed by atoms with Gasteiger partial charge in [-0.3, -0.25) is 0 Å². The highest BCUT2D eigenvalue weighted by molar-refractivity contribution is 6.30. The molecule has 1 aromatic heterocycles. The Morgan fingerprint density at radius 2 is 2.06 bits per heavy atom. The van der Waals surface area contributed by atoms with Gasteiger partial charge in [0.25, 0.3) is 0 Å². The molecule has 3 nitrogen and oxygen atoms in total. The van der Waals surface area contributed by atoms with Crippen LogP contribution in [-0.2, 0) is 0 Å². The Hall–Kier alpha value is -1.32. The van der Waals surface area contributed by atoms with Gasteiger partial charge in [-0.25, -0.2) is 4.68 Å². The van der Waals surface area contributed by atoms with Crippen molar-refractivity contribution in [3.63, 3.8) is 0 Å². The monoisotopic (exact) mass is 249 g/mol. The molecule has 0 saturated carbocycles. The molecule has 0 amide bonds. The van der Waals surface area contributed by atoms with Crippen LogP contribution >= 0.6 is 11.6 Å². The zero-order valence-corrected chi connectivity index (χ0v) is 10.8. The number of nitrogens with one attached hydrogen (secondary N) is 1. The first-order chi connectivity index (χ1) is 8.24. The minimum Gasteiger partial charge on any atom is -0.313 e. The Balaban J connectivity index is 2.23. The first kappa shape index (κ1) is 12.1. The van der Waals surface area contributed by atoms with Gasteiger partial charge in [-0.15, -0.1) is 0 Å². The molecule has 1 atom stereocenters. The van der Waals surface area contributed by atoms with Crippen LogP contribution in [-0.4, -0.2) is 16.8 Å². The van der Waals surface area contributed by atoms with E-state index in [0.29, 0.717) is 11.1 Å². The number of halogens is 1. The van der Waals surface area contributed by atoms with Crippen LogP contribution in [0.1, 0.15) is 24.9 Å². The molecule has 0 radical (unpaired) electrons. The molecule has 0 aliphatic carbocycles. The molecule has 0 aliphatic heterocycles. The lowest BCUT2D eigenvalue weighted by atomic mass is 10.0. The van der Waals surface area contributed by atoms with Gasteiger partial charge in [0.15, 0.2) is 0 Å². The van der Waals surface area contributed by atoms with Crippen molar-refractivity contribution in [1.29, 1.82) is 0 Å². The molecule has 4 heteroatoms. The van der Waals surface area contributed by atoms with Crippen LogP contribution in [0.2, 0.25) is 5.02 Å². The zero-order chi connectivity index (χ0) is 12.3. The van der Waals surface area contributed by atoms with Crippen molar-refractivity contribution in [1.82, 2.24) is 15.1 Å². The maximum atomic E-state index is 5.84. The Kier molecular flexibility index (Phi) is 3.82. The molecule has 1 N–H and O–H groups in total. The van der Waals surface area contributed by atoms with E-state index in [4.69, 9.17) is 11.6 Å². The fourth-order valence-corrected chi connectivity index (χ4v) is 2.04. The summed E-state index contributed by atoms with van der Waals surface area (Å²) in [4.78, 5) is 0. The molecule has 2 aromatic rings. The maximum Gasteiger partial charge on any atom is 0.0790 e. The van der Waals surface area contributed by atoms with Crippen molar-refractivity contribution in [2.75, 3.05) is 7.05 Å². The predicted molar refractivity (Wildman–Crippen MR) is 70.7 cm³/mol. The number of nitrogens with zero attached hydrogens (tertiary/aromatic N) is 2. The molecule has 17 heavy (non-hydrogen) atoms. The average molecular weight is 250 g/mol. The molecular formula is C13H16ClN3. The fourth-order valence-electron chi connectivity index (χ4n) is 1.91. The Morgan fingerprint density at radius 3 is 2.53 bits per heavy atom. The van der Waals surface area contributed by atoms with Gasteiger partial charge in [-0.1, -0.05) is 30.7 Å². The van der Waals surface area contributed by atoms with E-state index >= 15 is 0 Å². The van der Waals surface area contributed by atoms with Crippen molar-refractivity contribution < 1.29 is 0 Å². The molecule has 1 aromatic carbocycles. The number of rotatable bonds is 4. The number of hydrogen-bond acceptors (Lipinski definition) is 2. The van der Waals surface area contributed by atoms with Gasteiger partial charge in [0.05, 0.1) is 16.9 Å². The minimum absolute atomic E-state index is 0.408. The molecule has 0 fully saturated rings. The topological polar surface area (TPSA) is 29.9 Å². The van der Waals surface area contributed by atoms with Crippen LogP contribution in [0.4, 0.5) is 0 Å². The molecule has 0 bridgehead atoms. The summed E-state index contributed by atoms with van der Waals surface area (Å²) >= 11 is 5.84.